The summed E-state index contributed by atoms with van der Waals surface area (Å²) in [6, 6.07) is 2.69. The highest BCUT2D eigenvalue weighted by Crippen LogP contribution is 2.27. The minimum atomic E-state index is -0.898. The van der Waals surface area contributed by atoms with E-state index in [1.54, 1.807) is 6.26 Å². The molecule has 0 aromatic heterocycles. The highest BCUT2D eigenvalue weighted by Gasteiger charge is 2.07. The first kappa shape index (κ1) is 12.8. The number of anilines is 2. The second kappa shape index (κ2) is 5.69. The number of methoxy groups -OCH3 is 1. The van der Waals surface area contributed by atoms with Gasteiger partial charge >= 0.3 is 0 Å². The van der Waals surface area contributed by atoms with Crippen molar-refractivity contribution in [2.24, 2.45) is 0 Å². The van der Waals surface area contributed by atoms with Crippen LogP contribution in [0.15, 0.2) is 12.1 Å². The van der Waals surface area contributed by atoms with Crippen LogP contribution in [0.4, 0.5) is 15.8 Å². The fraction of sp³-hybridized carbons (Fsp3) is 0.400. The predicted octanol–water partition coefficient (Wildman–Crippen LogP) is 1.21. The molecule has 1 aromatic carbocycles. The molecule has 0 heterocycles. The summed E-state index contributed by atoms with van der Waals surface area (Å²) in [7, 11) is 0.568. The summed E-state index contributed by atoms with van der Waals surface area (Å²) in [5, 5.41) is 2.84. The van der Waals surface area contributed by atoms with Gasteiger partial charge in [-0.2, -0.15) is 0 Å². The van der Waals surface area contributed by atoms with Crippen LogP contribution < -0.4 is 15.8 Å². The van der Waals surface area contributed by atoms with E-state index in [1.165, 1.54) is 19.2 Å². The first-order chi connectivity index (χ1) is 7.54. The normalized spacial score (nSPS) is 12.2. The average Bonchev–Trinajstić information content (AvgIpc) is 2.20. The second-order valence-corrected chi connectivity index (χ2v) is 4.83. The van der Waals surface area contributed by atoms with Crippen LogP contribution in [0.25, 0.3) is 0 Å². The maximum atomic E-state index is 13.4. The number of halogens is 1. The number of nitrogen functional groups attached to an aromatic ring is 1. The summed E-state index contributed by atoms with van der Waals surface area (Å²) in [6.07, 6.45) is 1.60. The van der Waals surface area contributed by atoms with E-state index in [1.807, 2.05) is 0 Å². The largest absolute Gasteiger partial charge is 0.495 e. The van der Waals surface area contributed by atoms with Crippen molar-refractivity contribution >= 4 is 22.2 Å². The summed E-state index contributed by atoms with van der Waals surface area (Å²) in [6.45, 7) is 0.438. The number of hydrogen-bond acceptors (Lipinski definition) is 4. The van der Waals surface area contributed by atoms with E-state index in [0.717, 1.165) is 0 Å². The highest BCUT2D eigenvalue weighted by atomic mass is 32.2. The Kier molecular flexibility index (Phi) is 4.54. The predicted molar refractivity (Wildman–Crippen MR) is 64.8 cm³/mol. The molecule has 0 aliphatic rings. The van der Waals surface area contributed by atoms with Gasteiger partial charge in [0.1, 0.15) is 11.6 Å². The van der Waals surface area contributed by atoms with Crippen molar-refractivity contribution in [1.29, 1.82) is 0 Å². The van der Waals surface area contributed by atoms with Gasteiger partial charge in [0, 0.05) is 41.5 Å². The molecule has 0 aliphatic carbocycles. The maximum absolute atomic E-state index is 13.4. The number of rotatable bonds is 5. The molecule has 6 heteroatoms. The maximum Gasteiger partial charge on any atom is 0.148 e. The highest BCUT2D eigenvalue weighted by molar-refractivity contribution is 7.84. The molecule has 0 fully saturated rings. The van der Waals surface area contributed by atoms with Crippen LogP contribution >= 0.6 is 0 Å². The Morgan fingerprint density at radius 3 is 2.81 bits per heavy atom. The molecule has 4 nitrogen and oxygen atoms in total. The minimum Gasteiger partial charge on any atom is -0.495 e. The van der Waals surface area contributed by atoms with E-state index >= 15 is 0 Å². The van der Waals surface area contributed by atoms with Gasteiger partial charge in [-0.1, -0.05) is 0 Å². The van der Waals surface area contributed by atoms with E-state index in [9.17, 15) is 8.60 Å². The van der Waals surface area contributed by atoms with E-state index in [4.69, 9.17) is 10.5 Å². The molecule has 1 rings (SSSR count). The smallest absolute Gasteiger partial charge is 0.148 e. The Labute approximate surface area is 96.4 Å². The molecule has 0 radical (unpaired) electrons. The fourth-order valence-corrected chi connectivity index (χ4v) is 1.60. The van der Waals surface area contributed by atoms with E-state index in [0.29, 0.717) is 23.7 Å². The Hall–Kier alpha value is -1.30. The Morgan fingerprint density at radius 2 is 2.25 bits per heavy atom. The third kappa shape index (κ3) is 3.37. The molecule has 90 valence electrons. The van der Waals surface area contributed by atoms with Crippen LogP contribution in [0.1, 0.15) is 0 Å². The molecule has 0 bridgehead atoms. The van der Waals surface area contributed by atoms with Gasteiger partial charge in [-0.3, -0.25) is 4.21 Å². The zero-order valence-corrected chi connectivity index (χ0v) is 10.1. The fourth-order valence-electron chi connectivity index (χ4n) is 1.21. The molecule has 0 saturated heterocycles. The van der Waals surface area contributed by atoms with Gasteiger partial charge < -0.3 is 15.8 Å². The zero-order chi connectivity index (χ0) is 12.1. The van der Waals surface area contributed by atoms with E-state index in [-0.39, 0.29) is 5.69 Å². The third-order valence-corrected chi connectivity index (χ3v) is 2.80. The van der Waals surface area contributed by atoms with Crippen LogP contribution in [0.3, 0.4) is 0 Å². The lowest BCUT2D eigenvalue weighted by atomic mass is 10.2. The molecule has 0 spiro atoms. The second-order valence-electron chi connectivity index (χ2n) is 3.28. The van der Waals surface area contributed by atoms with Gasteiger partial charge in [-0.05, 0) is 0 Å². The molecule has 1 aromatic rings. The van der Waals surface area contributed by atoms with Crippen LogP contribution in [-0.4, -0.2) is 29.9 Å². The van der Waals surface area contributed by atoms with Crippen molar-refractivity contribution in [3.8, 4) is 5.75 Å². The topological polar surface area (TPSA) is 64.3 Å². The number of benzene rings is 1. The number of nitrogens with two attached hydrogens (primary N) is 1. The van der Waals surface area contributed by atoms with Crippen molar-refractivity contribution in [2.75, 3.05) is 36.7 Å². The summed E-state index contributed by atoms with van der Waals surface area (Å²) in [4.78, 5) is 0. The summed E-state index contributed by atoms with van der Waals surface area (Å²) >= 11 is 0. The van der Waals surface area contributed by atoms with Gasteiger partial charge in [0.05, 0.1) is 18.5 Å². The lowest BCUT2D eigenvalue weighted by Gasteiger charge is -2.10. The zero-order valence-electron chi connectivity index (χ0n) is 9.25. The van der Waals surface area contributed by atoms with Crippen molar-refractivity contribution in [3.63, 3.8) is 0 Å². The van der Waals surface area contributed by atoms with Crippen LogP contribution in [-0.2, 0) is 10.8 Å². The van der Waals surface area contributed by atoms with Crippen molar-refractivity contribution < 1.29 is 13.3 Å². The SMILES string of the molecule is COc1cc(NCCS(C)=O)c(F)cc1N. The number of nitrogens with one attached hydrogen (secondary N) is 1. The molecule has 1 atom stereocenters. The first-order valence-corrected chi connectivity index (χ1v) is 6.44. The molecule has 1 unspecified atom stereocenters. The Bertz CT molecular complexity index is 399. The number of ether oxygens (including phenoxy) is 1. The van der Waals surface area contributed by atoms with Crippen LogP contribution in [0.5, 0.6) is 5.75 Å². The summed E-state index contributed by atoms with van der Waals surface area (Å²) < 4.78 is 29.2. The van der Waals surface area contributed by atoms with Crippen LogP contribution in [0.2, 0.25) is 0 Å². The number of hydrogen-bond donors (Lipinski definition) is 2. The van der Waals surface area contributed by atoms with Gasteiger partial charge in [-0.25, -0.2) is 4.39 Å². The quantitative estimate of drug-likeness (QED) is 0.766. The van der Waals surface area contributed by atoms with Gasteiger partial charge in [0.15, 0.2) is 0 Å². The van der Waals surface area contributed by atoms with Crippen molar-refractivity contribution in [1.82, 2.24) is 0 Å². The molecular formula is C10H15FN2O2S. The molecule has 0 saturated carbocycles. The first-order valence-electron chi connectivity index (χ1n) is 4.71. The Balaban J connectivity index is 2.75. The van der Waals surface area contributed by atoms with Crippen molar-refractivity contribution in [2.45, 2.75) is 0 Å². The molecule has 3 N–H and O–H groups in total. The Morgan fingerprint density at radius 1 is 1.56 bits per heavy atom. The molecule has 0 amide bonds. The summed E-state index contributed by atoms with van der Waals surface area (Å²) in [5.74, 6) is 0.438. The van der Waals surface area contributed by atoms with E-state index < -0.39 is 16.6 Å². The lowest BCUT2D eigenvalue weighted by molar-refractivity contribution is 0.416. The van der Waals surface area contributed by atoms with Crippen molar-refractivity contribution in [3.05, 3.63) is 17.9 Å². The third-order valence-electron chi connectivity index (χ3n) is 2.02. The van der Waals surface area contributed by atoms with Gasteiger partial charge in [-0.15, -0.1) is 0 Å². The van der Waals surface area contributed by atoms with Crippen LogP contribution in [0, 0.1) is 5.82 Å². The minimum absolute atomic E-state index is 0.254. The molecular weight excluding hydrogens is 231 g/mol. The molecule has 16 heavy (non-hydrogen) atoms. The molecule has 0 aliphatic heterocycles. The standard InChI is InChI=1S/C10H15FN2O2S/c1-15-10-6-9(7(11)5-8(10)12)13-3-4-16(2)14/h5-6,13H,3-4,12H2,1-2H3. The van der Waals surface area contributed by atoms with E-state index in [2.05, 4.69) is 5.32 Å². The average molecular weight is 246 g/mol. The van der Waals surface area contributed by atoms with Gasteiger partial charge in [0.2, 0.25) is 0 Å². The van der Waals surface area contributed by atoms with Gasteiger partial charge in [0.25, 0.3) is 0 Å². The summed E-state index contributed by atoms with van der Waals surface area (Å²) in [5.41, 5.74) is 6.09. The lowest BCUT2D eigenvalue weighted by Crippen LogP contribution is -2.11. The monoisotopic (exact) mass is 246 g/mol.